The Morgan fingerprint density at radius 3 is 2.12 bits per heavy atom. The monoisotopic (exact) mass is 245 g/mol. The Bertz CT molecular complexity index is 202. The molecule has 1 unspecified atom stereocenters. The first-order chi connectivity index (χ1) is 7.79. The SMILES string of the molecule is CCCNC(COC(C)(C)CC)C(C)(C)OC. The van der Waals surface area contributed by atoms with Crippen LogP contribution in [-0.2, 0) is 9.47 Å². The fraction of sp³-hybridized carbons (Fsp3) is 1.00. The quantitative estimate of drug-likeness (QED) is 0.677. The van der Waals surface area contributed by atoms with Crippen LogP contribution in [0.5, 0.6) is 0 Å². The Balaban J connectivity index is 4.39. The van der Waals surface area contributed by atoms with Crippen molar-refractivity contribution in [2.75, 3.05) is 20.3 Å². The van der Waals surface area contributed by atoms with Crippen molar-refractivity contribution in [2.45, 2.75) is 71.6 Å². The van der Waals surface area contributed by atoms with E-state index in [1.807, 2.05) is 0 Å². The van der Waals surface area contributed by atoms with Crippen LogP contribution in [0.15, 0.2) is 0 Å². The first kappa shape index (κ1) is 16.9. The molecule has 1 atom stereocenters. The predicted molar refractivity (Wildman–Crippen MR) is 73.5 cm³/mol. The average Bonchev–Trinajstić information content (AvgIpc) is 2.28. The summed E-state index contributed by atoms with van der Waals surface area (Å²) in [4.78, 5) is 0. The molecular formula is C14H31NO2. The normalized spacial score (nSPS) is 15.0. The summed E-state index contributed by atoms with van der Waals surface area (Å²) < 4.78 is 11.5. The van der Waals surface area contributed by atoms with E-state index in [1.165, 1.54) is 0 Å². The van der Waals surface area contributed by atoms with Gasteiger partial charge in [-0.05, 0) is 47.1 Å². The molecule has 104 valence electrons. The highest BCUT2D eigenvalue weighted by atomic mass is 16.5. The second-order valence-electron chi connectivity index (χ2n) is 5.74. The van der Waals surface area contributed by atoms with E-state index < -0.39 is 0 Å². The van der Waals surface area contributed by atoms with Gasteiger partial charge in [-0.1, -0.05) is 13.8 Å². The van der Waals surface area contributed by atoms with E-state index in [-0.39, 0.29) is 17.2 Å². The van der Waals surface area contributed by atoms with Crippen molar-refractivity contribution in [3.63, 3.8) is 0 Å². The fourth-order valence-corrected chi connectivity index (χ4v) is 1.38. The lowest BCUT2D eigenvalue weighted by Crippen LogP contribution is -2.52. The van der Waals surface area contributed by atoms with E-state index in [0.717, 1.165) is 19.4 Å². The Morgan fingerprint density at radius 1 is 1.12 bits per heavy atom. The zero-order chi connectivity index (χ0) is 13.5. The summed E-state index contributed by atoms with van der Waals surface area (Å²) >= 11 is 0. The molecule has 0 amide bonds. The molecule has 0 bridgehead atoms. The van der Waals surface area contributed by atoms with Crippen molar-refractivity contribution in [3.05, 3.63) is 0 Å². The summed E-state index contributed by atoms with van der Waals surface area (Å²) in [7, 11) is 1.76. The van der Waals surface area contributed by atoms with Gasteiger partial charge in [0.2, 0.25) is 0 Å². The highest BCUT2D eigenvalue weighted by Gasteiger charge is 2.30. The molecule has 3 heteroatoms. The molecule has 0 heterocycles. The first-order valence-corrected chi connectivity index (χ1v) is 6.71. The van der Waals surface area contributed by atoms with Gasteiger partial charge < -0.3 is 14.8 Å². The third kappa shape index (κ3) is 6.39. The third-order valence-electron chi connectivity index (χ3n) is 3.50. The smallest absolute Gasteiger partial charge is 0.0797 e. The zero-order valence-corrected chi connectivity index (χ0v) is 12.7. The molecule has 0 spiro atoms. The molecule has 0 fully saturated rings. The molecule has 0 aliphatic rings. The Morgan fingerprint density at radius 2 is 1.71 bits per heavy atom. The lowest BCUT2D eigenvalue weighted by Gasteiger charge is -2.36. The molecule has 0 saturated carbocycles. The van der Waals surface area contributed by atoms with Crippen LogP contribution in [0.3, 0.4) is 0 Å². The number of ether oxygens (including phenoxy) is 2. The van der Waals surface area contributed by atoms with Crippen molar-refractivity contribution in [1.82, 2.24) is 5.32 Å². The maximum atomic E-state index is 5.98. The van der Waals surface area contributed by atoms with Crippen molar-refractivity contribution >= 4 is 0 Å². The van der Waals surface area contributed by atoms with Gasteiger partial charge in [0.15, 0.2) is 0 Å². The summed E-state index contributed by atoms with van der Waals surface area (Å²) in [5.41, 5.74) is -0.269. The largest absolute Gasteiger partial charge is 0.377 e. The van der Waals surface area contributed by atoms with Crippen LogP contribution in [0.2, 0.25) is 0 Å². The van der Waals surface area contributed by atoms with Crippen LogP contribution in [0.1, 0.15) is 54.4 Å². The minimum Gasteiger partial charge on any atom is -0.377 e. The van der Waals surface area contributed by atoms with Crippen LogP contribution in [0.4, 0.5) is 0 Å². The predicted octanol–water partition coefficient (Wildman–Crippen LogP) is 2.98. The second-order valence-corrected chi connectivity index (χ2v) is 5.74. The summed E-state index contributed by atoms with van der Waals surface area (Å²) in [6, 6.07) is 0.221. The number of methoxy groups -OCH3 is 1. The first-order valence-electron chi connectivity index (χ1n) is 6.71. The van der Waals surface area contributed by atoms with Crippen LogP contribution >= 0.6 is 0 Å². The Hall–Kier alpha value is -0.120. The molecule has 0 rings (SSSR count). The number of hydrogen-bond acceptors (Lipinski definition) is 3. The van der Waals surface area contributed by atoms with Crippen LogP contribution in [0.25, 0.3) is 0 Å². The Labute approximate surface area is 107 Å². The molecule has 0 aromatic heterocycles. The standard InChI is InChI=1S/C14H31NO2/c1-8-10-15-12(14(5,6)16-7)11-17-13(3,4)9-2/h12,15H,8-11H2,1-7H3. The van der Waals surface area contributed by atoms with Gasteiger partial charge in [0, 0.05) is 7.11 Å². The van der Waals surface area contributed by atoms with Crippen LogP contribution in [0, 0.1) is 0 Å². The van der Waals surface area contributed by atoms with E-state index in [1.54, 1.807) is 7.11 Å². The van der Waals surface area contributed by atoms with Gasteiger partial charge in [-0.25, -0.2) is 0 Å². The van der Waals surface area contributed by atoms with E-state index in [9.17, 15) is 0 Å². The molecule has 0 aliphatic heterocycles. The van der Waals surface area contributed by atoms with Gasteiger partial charge in [0.1, 0.15) is 0 Å². The molecule has 17 heavy (non-hydrogen) atoms. The lowest BCUT2D eigenvalue weighted by atomic mass is 9.98. The van der Waals surface area contributed by atoms with E-state index in [0.29, 0.717) is 6.61 Å². The van der Waals surface area contributed by atoms with Gasteiger partial charge in [0.05, 0.1) is 23.9 Å². The van der Waals surface area contributed by atoms with E-state index in [2.05, 4.69) is 46.9 Å². The Kier molecular flexibility index (Phi) is 7.29. The van der Waals surface area contributed by atoms with Crippen molar-refractivity contribution < 1.29 is 9.47 Å². The topological polar surface area (TPSA) is 30.5 Å². The van der Waals surface area contributed by atoms with Gasteiger partial charge in [-0.2, -0.15) is 0 Å². The van der Waals surface area contributed by atoms with Crippen LogP contribution in [-0.4, -0.2) is 37.5 Å². The minimum absolute atomic E-state index is 0.0596. The molecule has 0 aromatic rings. The van der Waals surface area contributed by atoms with Gasteiger partial charge in [0.25, 0.3) is 0 Å². The highest BCUT2D eigenvalue weighted by molar-refractivity contribution is 4.86. The second kappa shape index (κ2) is 7.34. The fourth-order valence-electron chi connectivity index (χ4n) is 1.38. The highest BCUT2D eigenvalue weighted by Crippen LogP contribution is 2.19. The number of rotatable bonds is 9. The maximum Gasteiger partial charge on any atom is 0.0797 e. The van der Waals surface area contributed by atoms with Crippen molar-refractivity contribution in [1.29, 1.82) is 0 Å². The van der Waals surface area contributed by atoms with Crippen molar-refractivity contribution in [2.24, 2.45) is 0 Å². The van der Waals surface area contributed by atoms with Crippen molar-refractivity contribution in [3.8, 4) is 0 Å². The molecule has 3 nitrogen and oxygen atoms in total. The average molecular weight is 245 g/mol. The molecular weight excluding hydrogens is 214 g/mol. The molecule has 0 saturated heterocycles. The number of nitrogens with one attached hydrogen (secondary N) is 1. The summed E-state index contributed by atoms with van der Waals surface area (Å²) in [6.45, 7) is 14.4. The third-order valence-corrected chi connectivity index (χ3v) is 3.50. The van der Waals surface area contributed by atoms with Gasteiger partial charge >= 0.3 is 0 Å². The van der Waals surface area contributed by atoms with Gasteiger partial charge in [-0.15, -0.1) is 0 Å². The lowest BCUT2D eigenvalue weighted by molar-refractivity contribution is -0.0804. The van der Waals surface area contributed by atoms with E-state index >= 15 is 0 Å². The minimum atomic E-state index is -0.209. The molecule has 1 N–H and O–H groups in total. The summed E-state index contributed by atoms with van der Waals surface area (Å²) in [6.07, 6.45) is 2.13. The molecule has 0 radical (unpaired) electrons. The van der Waals surface area contributed by atoms with Gasteiger partial charge in [-0.3, -0.25) is 0 Å². The maximum absolute atomic E-state index is 5.98. The number of hydrogen-bond donors (Lipinski definition) is 1. The summed E-state index contributed by atoms with van der Waals surface area (Å²) in [5.74, 6) is 0. The molecule has 0 aromatic carbocycles. The molecule has 0 aliphatic carbocycles. The van der Waals surface area contributed by atoms with E-state index in [4.69, 9.17) is 9.47 Å². The van der Waals surface area contributed by atoms with Crippen LogP contribution < -0.4 is 5.32 Å². The zero-order valence-electron chi connectivity index (χ0n) is 12.7. The summed E-state index contributed by atoms with van der Waals surface area (Å²) in [5, 5.41) is 3.51.